The van der Waals surface area contributed by atoms with Gasteiger partial charge in [0, 0.05) is 17.9 Å². The van der Waals surface area contributed by atoms with Crippen molar-refractivity contribution in [1.29, 1.82) is 0 Å². The van der Waals surface area contributed by atoms with E-state index >= 15 is 0 Å². The molecule has 0 N–H and O–H groups in total. The molecule has 0 amide bonds. The number of hydrogen-bond donors (Lipinski definition) is 0. The Morgan fingerprint density at radius 3 is 2.35 bits per heavy atom. The van der Waals surface area contributed by atoms with E-state index < -0.39 is 0 Å². The van der Waals surface area contributed by atoms with E-state index in [9.17, 15) is 4.79 Å². The number of rotatable bonds is 1. The van der Waals surface area contributed by atoms with Crippen LogP contribution in [0, 0.1) is 0 Å². The first kappa shape index (κ1) is 11.4. The smallest absolute Gasteiger partial charge is 0.164 e. The standard InChI is InChI=1S/C19H14O/c20-18-12-17(13-6-2-1-3-7-13)15-10-4-8-14-9-5-11-16(18)19(14)15/h1-11,17H,12H2. The second-order valence-electron chi connectivity index (χ2n) is 5.34. The molecule has 1 unspecified atom stereocenters. The third-order valence-corrected chi connectivity index (χ3v) is 4.20. The molecule has 1 aliphatic rings. The maximum absolute atomic E-state index is 12.5. The fraction of sp³-hybridized carbons (Fsp3) is 0.105. The monoisotopic (exact) mass is 258 g/mol. The average Bonchev–Trinajstić information content (AvgIpc) is 2.52. The molecule has 0 saturated heterocycles. The highest BCUT2D eigenvalue weighted by atomic mass is 16.1. The van der Waals surface area contributed by atoms with Crippen molar-refractivity contribution in [1.82, 2.24) is 0 Å². The van der Waals surface area contributed by atoms with Gasteiger partial charge in [-0.2, -0.15) is 0 Å². The molecule has 1 nitrogen and oxygen atoms in total. The van der Waals surface area contributed by atoms with Crippen molar-refractivity contribution < 1.29 is 4.79 Å². The number of benzene rings is 3. The molecular formula is C19H14O. The lowest BCUT2D eigenvalue weighted by Gasteiger charge is -2.25. The second kappa shape index (κ2) is 4.31. The van der Waals surface area contributed by atoms with Gasteiger partial charge in [0.25, 0.3) is 0 Å². The van der Waals surface area contributed by atoms with Gasteiger partial charge >= 0.3 is 0 Å². The van der Waals surface area contributed by atoms with Crippen LogP contribution in [0.4, 0.5) is 0 Å². The molecule has 0 heterocycles. The van der Waals surface area contributed by atoms with Gasteiger partial charge in [-0.25, -0.2) is 0 Å². The van der Waals surface area contributed by atoms with Crippen molar-refractivity contribution in [3.05, 3.63) is 83.4 Å². The summed E-state index contributed by atoms with van der Waals surface area (Å²) in [4.78, 5) is 12.5. The first-order chi connectivity index (χ1) is 9.84. The largest absolute Gasteiger partial charge is 0.294 e. The average molecular weight is 258 g/mol. The van der Waals surface area contributed by atoms with Gasteiger partial charge in [-0.3, -0.25) is 4.79 Å². The van der Waals surface area contributed by atoms with E-state index in [0.717, 1.165) is 16.3 Å². The van der Waals surface area contributed by atoms with Crippen molar-refractivity contribution in [3.8, 4) is 0 Å². The Morgan fingerprint density at radius 2 is 1.55 bits per heavy atom. The Kier molecular flexibility index (Phi) is 2.46. The topological polar surface area (TPSA) is 17.1 Å². The number of hydrogen-bond acceptors (Lipinski definition) is 1. The van der Waals surface area contributed by atoms with Gasteiger partial charge in [-0.1, -0.05) is 66.7 Å². The first-order valence-electron chi connectivity index (χ1n) is 6.94. The zero-order valence-electron chi connectivity index (χ0n) is 11.0. The lowest BCUT2D eigenvalue weighted by Crippen LogP contribution is -2.15. The minimum Gasteiger partial charge on any atom is -0.294 e. The minimum absolute atomic E-state index is 0.183. The number of carbonyl (C=O) groups is 1. The van der Waals surface area contributed by atoms with Gasteiger partial charge in [-0.05, 0) is 21.9 Å². The number of carbonyl (C=O) groups excluding carboxylic acids is 1. The van der Waals surface area contributed by atoms with Crippen molar-refractivity contribution in [2.45, 2.75) is 12.3 Å². The highest BCUT2D eigenvalue weighted by Gasteiger charge is 2.27. The summed E-state index contributed by atoms with van der Waals surface area (Å²) in [6, 6.07) is 22.7. The quantitative estimate of drug-likeness (QED) is 0.625. The normalized spacial score (nSPS) is 17.4. The van der Waals surface area contributed by atoms with Crippen LogP contribution in [0.1, 0.15) is 33.8 Å². The molecule has 0 aliphatic heterocycles. The minimum atomic E-state index is 0.183. The van der Waals surface area contributed by atoms with Crippen LogP contribution in [0.15, 0.2) is 66.7 Å². The Bertz CT molecular complexity index is 797. The van der Waals surface area contributed by atoms with Gasteiger partial charge in [0.05, 0.1) is 0 Å². The summed E-state index contributed by atoms with van der Waals surface area (Å²) < 4.78 is 0. The van der Waals surface area contributed by atoms with Crippen LogP contribution in [-0.4, -0.2) is 5.78 Å². The lowest BCUT2D eigenvalue weighted by molar-refractivity contribution is 0.0976. The van der Waals surface area contributed by atoms with Crippen molar-refractivity contribution in [3.63, 3.8) is 0 Å². The summed E-state index contributed by atoms with van der Waals surface area (Å²) >= 11 is 0. The molecule has 0 radical (unpaired) electrons. The molecule has 0 spiro atoms. The van der Waals surface area contributed by atoms with E-state index in [4.69, 9.17) is 0 Å². The SMILES string of the molecule is O=C1CC(c2ccccc2)c2cccc3cccc1c23. The van der Waals surface area contributed by atoms with E-state index in [1.54, 1.807) is 0 Å². The summed E-state index contributed by atoms with van der Waals surface area (Å²) in [5.74, 6) is 0.436. The Labute approximate surface area is 117 Å². The molecule has 0 fully saturated rings. The molecule has 3 aromatic carbocycles. The molecule has 4 rings (SSSR count). The molecule has 3 aromatic rings. The van der Waals surface area contributed by atoms with Crippen LogP contribution in [0.2, 0.25) is 0 Å². The van der Waals surface area contributed by atoms with Crippen LogP contribution < -0.4 is 0 Å². The van der Waals surface area contributed by atoms with E-state index in [1.807, 2.05) is 30.3 Å². The van der Waals surface area contributed by atoms with E-state index in [-0.39, 0.29) is 11.7 Å². The molecule has 96 valence electrons. The Balaban J connectivity index is 2.03. The predicted octanol–water partition coefficient (Wildman–Crippen LogP) is 4.56. The Hall–Kier alpha value is -2.41. The molecule has 1 atom stereocenters. The molecule has 1 aliphatic carbocycles. The van der Waals surface area contributed by atoms with Gasteiger partial charge in [0.15, 0.2) is 5.78 Å². The fourth-order valence-electron chi connectivity index (χ4n) is 3.28. The maximum Gasteiger partial charge on any atom is 0.164 e. The fourth-order valence-corrected chi connectivity index (χ4v) is 3.28. The number of ketones is 1. The van der Waals surface area contributed by atoms with E-state index in [1.165, 1.54) is 11.1 Å². The molecule has 0 bridgehead atoms. The summed E-state index contributed by atoms with van der Waals surface area (Å²) in [6.45, 7) is 0. The van der Waals surface area contributed by atoms with Crippen LogP contribution in [0.3, 0.4) is 0 Å². The lowest BCUT2D eigenvalue weighted by atomic mass is 9.77. The zero-order chi connectivity index (χ0) is 13.5. The van der Waals surface area contributed by atoms with Crippen molar-refractivity contribution in [2.75, 3.05) is 0 Å². The molecule has 0 aromatic heterocycles. The van der Waals surface area contributed by atoms with E-state index in [2.05, 4.69) is 36.4 Å². The van der Waals surface area contributed by atoms with Crippen LogP contribution in [0.25, 0.3) is 10.8 Å². The molecule has 20 heavy (non-hydrogen) atoms. The van der Waals surface area contributed by atoms with Gasteiger partial charge in [0.1, 0.15) is 0 Å². The summed E-state index contributed by atoms with van der Waals surface area (Å²) in [5, 5.41) is 2.30. The van der Waals surface area contributed by atoms with Gasteiger partial charge in [-0.15, -0.1) is 0 Å². The molecule has 0 saturated carbocycles. The summed E-state index contributed by atoms with van der Waals surface area (Å²) in [6.07, 6.45) is 0.570. The summed E-state index contributed by atoms with van der Waals surface area (Å²) in [5.41, 5.74) is 3.39. The third-order valence-electron chi connectivity index (χ3n) is 4.20. The number of Topliss-reactive ketones (excluding diaryl/α,β-unsaturated/α-hetero) is 1. The van der Waals surface area contributed by atoms with Crippen LogP contribution in [0.5, 0.6) is 0 Å². The Morgan fingerprint density at radius 1 is 0.800 bits per heavy atom. The highest BCUT2D eigenvalue weighted by Crippen LogP contribution is 2.39. The maximum atomic E-state index is 12.5. The van der Waals surface area contributed by atoms with Crippen molar-refractivity contribution >= 4 is 16.6 Å². The zero-order valence-corrected chi connectivity index (χ0v) is 11.0. The first-order valence-corrected chi connectivity index (χ1v) is 6.94. The van der Waals surface area contributed by atoms with E-state index in [0.29, 0.717) is 6.42 Å². The van der Waals surface area contributed by atoms with Crippen molar-refractivity contribution in [2.24, 2.45) is 0 Å². The predicted molar refractivity (Wildman–Crippen MR) is 81.2 cm³/mol. The van der Waals surface area contributed by atoms with Gasteiger partial charge in [0.2, 0.25) is 0 Å². The summed E-state index contributed by atoms with van der Waals surface area (Å²) in [7, 11) is 0. The third kappa shape index (κ3) is 1.60. The molecule has 1 heteroatoms. The molecular weight excluding hydrogens is 244 g/mol. The van der Waals surface area contributed by atoms with Crippen LogP contribution >= 0.6 is 0 Å². The second-order valence-corrected chi connectivity index (χ2v) is 5.34. The van der Waals surface area contributed by atoms with Gasteiger partial charge < -0.3 is 0 Å². The van der Waals surface area contributed by atoms with Crippen LogP contribution in [-0.2, 0) is 0 Å². The highest BCUT2D eigenvalue weighted by molar-refractivity contribution is 6.12.